The SMILES string of the molecule is C=C1C=C2C[C@@H](C)C3C(C(=O)CC4(C)C3CCC4(C)C)C2CC1.II. The van der Waals surface area contributed by atoms with E-state index >= 15 is 0 Å². The first-order chi connectivity index (χ1) is 11.7. The Morgan fingerprint density at radius 3 is 2.56 bits per heavy atom. The van der Waals surface area contributed by atoms with E-state index in [4.69, 9.17) is 0 Å². The zero-order chi connectivity index (χ0) is 18.6. The van der Waals surface area contributed by atoms with Crippen LogP contribution in [0, 0.1) is 40.4 Å². The molecule has 3 fully saturated rings. The van der Waals surface area contributed by atoms with Crippen molar-refractivity contribution in [3.05, 3.63) is 23.8 Å². The van der Waals surface area contributed by atoms with Gasteiger partial charge >= 0.3 is 0 Å². The van der Waals surface area contributed by atoms with Crippen LogP contribution in [0.5, 0.6) is 0 Å². The Kier molecular flexibility index (Phi) is 5.87. The highest BCUT2D eigenvalue weighted by molar-refractivity contribution is 15.0. The van der Waals surface area contributed by atoms with Crippen molar-refractivity contribution in [2.75, 3.05) is 0 Å². The van der Waals surface area contributed by atoms with Gasteiger partial charge in [0.15, 0.2) is 0 Å². The second-order valence-electron chi connectivity index (χ2n) is 9.90. The van der Waals surface area contributed by atoms with Gasteiger partial charge in [-0.1, -0.05) is 51.5 Å². The van der Waals surface area contributed by atoms with E-state index in [1.807, 2.05) is 0 Å². The highest BCUT2D eigenvalue weighted by atomic mass is 128. The summed E-state index contributed by atoms with van der Waals surface area (Å²) in [7, 11) is 0. The fourth-order valence-corrected chi connectivity index (χ4v) is 6.89. The van der Waals surface area contributed by atoms with Crippen molar-refractivity contribution >= 4 is 43.0 Å². The van der Waals surface area contributed by atoms with Gasteiger partial charge < -0.3 is 0 Å². The van der Waals surface area contributed by atoms with Gasteiger partial charge in [0, 0.05) is 49.6 Å². The summed E-state index contributed by atoms with van der Waals surface area (Å²) in [5, 5.41) is 0. The van der Waals surface area contributed by atoms with Gasteiger partial charge in [-0.2, -0.15) is 0 Å². The van der Waals surface area contributed by atoms with Crippen LogP contribution in [0.25, 0.3) is 0 Å². The Balaban J connectivity index is 0.000000880. The molecule has 25 heavy (non-hydrogen) atoms. The van der Waals surface area contributed by atoms with Crippen LogP contribution in [0.3, 0.4) is 0 Å². The summed E-state index contributed by atoms with van der Waals surface area (Å²) >= 11 is 4.24. The first-order valence-corrected chi connectivity index (χ1v) is 16.1. The maximum atomic E-state index is 13.3. The van der Waals surface area contributed by atoms with Gasteiger partial charge in [0.1, 0.15) is 5.78 Å². The lowest BCUT2D eigenvalue weighted by Crippen LogP contribution is -2.54. The van der Waals surface area contributed by atoms with E-state index in [0.717, 1.165) is 25.2 Å². The molecule has 0 N–H and O–H groups in total. The molecule has 0 bridgehead atoms. The number of allylic oxidation sites excluding steroid dienone is 3. The zero-order valence-corrected chi connectivity index (χ0v) is 20.4. The van der Waals surface area contributed by atoms with Crippen LogP contribution in [-0.4, -0.2) is 5.78 Å². The Hall–Kier alpha value is 0.610. The van der Waals surface area contributed by atoms with Gasteiger partial charge in [-0.15, -0.1) is 0 Å². The molecule has 0 aromatic rings. The molecule has 4 aliphatic rings. The van der Waals surface area contributed by atoms with E-state index in [1.54, 1.807) is 5.57 Å². The molecule has 3 heteroatoms. The summed E-state index contributed by atoms with van der Waals surface area (Å²) in [4.78, 5) is 13.3. The quantitative estimate of drug-likeness (QED) is 0.281. The standard InChI is InChI=1S/C22H32O.I2/c1-13-6-7-16-15(10-13)11-14(2)19-17-8-9-21(3,4)22(17,5)12-18(23)20(16)19;1-2/h10,14,16-17,19-20H,1,6-9,11-12H2,2-5H3;/t14-,16?,17?,19?,20?,22?;/m1./s1. The van der Waals surface area contributed by atoms with Crippen molar-refractivity contribution in [3.8, 4) is 0 Å². The van der Waals surface area contributed by atoms with E-state index in [1.165, 1.54) is 24.8 Å². The summed E-state index contributed by atoms with van der Waals surface area (Å²) in [5.41, 5.74) is 3.36. The van der Waals surface area contributed by atoms with Gasteiger partial charge in [-0.3, -0.25) is 4.79 Å². The summed E-state index contributed by atoms with van der Waals surface area (Å²) < 4.78 is 0. The molecule has 1 nitrogen and oxygen atoms in total. The Bertz CT molecular complexity index is 605. The number of carbonyl (C=O) groups excluding carboxylic acids is 1. The van der Waals surface area contributed by atoms with Crippen molar-refractivity contribution in [3.63, 3.8) is 0 Å². The number of ketones is 1. The van der Waals surface area contributed by atoms with Crippen LogP contribution in [0.4, 0.5) is 0 Å². The third-order valence-electron chi connectivity index (χ3n) is 8.53. The van der Waals surface area contributed by atoms with Crippen molar-refractivity contribution in [2.45, 2.75) is 66.2 Å². The van der Waals surface area contributed by atoms with Crippen molar-refractivity contribution in [2.24, 2.45) is 40.4 Å². The molecule has 140 valence electrons. The predicted molar refractivity (Wildman–Crippen MR) is 123 cm³/mol. The first kappa shape index (κ1) is 20.3. The number of halogens is 2. The third kappa shape index (κ3) is 3.11. The second-order valence-corrected chi connectivity index (χ2v) is 9.90. The molecular formula is C22H32I2O. The van der Waals surface area contributed by atoms with E-state index in [0.29, 0.717) is 34.9 Å². The molecule has 0 amide bonds. The van der Waals surface area contributed by atoms with E-state index < -0.39 is 0 Å². The average Bonchev–Trinajstić information content (AvgIpc) is 2.78. The van der Waals surface area contributed by atoms with Crippen molar-refractivity contribution in [1.29, 1.82) is 0 Å². The largest absolute Gasteiger partial charge is 0.299 e. The molecular weight excluding hydrogens is 534 g/mol. The molecule has 0 spiro atoms. The lowest BCUT2D eigenvalue weighted by molar-refractivity contribution is -0.146. The van der Waals surface area contributed by atoms with Crippen molar-refractivity contribution < 1.29 is 4.79 Å². The predicted octanol–water partition coefficient (Wildman–Crippen LogP) is 7.34. The van der Waals surface area contributed by atoms with Gasteiger partial charge in [0.05, 0.1) is 0 Å². The number of fused-ring (bicyclic) bond motifs is 5. The maximum absolute atomic E-state index is 13.3. The molecule has 4 aliphatic carbocycles. The highest BCUT2D eigenvalue weighted by Crippen LogP contribution is 2.67. The summed E-state index contributed by atoms with van der Waals surface area (Å²) in [5.74, 6) is 3.44. The summed E-state index contributed by atoms with van der Waals surface area (Å²) in [6.45, 7) is 13.8. The van der Waals surface area contributed by atoms with E-state index in [-0.39, 0.29) is 5.41 Å². The van der Waals surface area contributed by atoms with Crippen LogP contribution in [0.1, 0.15) is 66.2 Å². The molecule has 0 saturated heterocycles. The van der Waals surface area contributed by atoms with Crippen molar-refractivity contribution in [1.82, 2.24) is 0 Å². The number of hydrogen-bond acceptors (Lipinski definition) is 1. The molecule has 0 aromatic heterocycles. The van der Waals surface area contributed by atoms with Gasteiger partial charge in [-0.05, 0) is 66.6 Å². The molecule has 0 aliphatic heterocycles. The normalized spacial score (nSPS) is 44.7. The average molecular weight is 566 g/mol. The molecule has 0 heterocycles. The molecule has 5 unspecified atom stereocenters. The summed E-state index contributed by atoms with van der Waals surface area (Å²) in [6, 6.07) is 0. The van der Waals surface area contributed by atoms with Crippen LogP contribution >= 0.6 is 37.2 Å². The van der Waals surface area contributed by atoms with Crippen LogP contribution in [0.15, 0.2) is 23.8 Å². The lowest BCUT2D eigenvalue weighted by Gasteiger charge is -2.57. The van der Waals surface area contributed by atoms with Crippen LogP contribution in [0.2, 0.25) is 0 Å². The fraction of sp³-hybridized carbons (Fsp3) is 0.773. The Morgan fingerprint density at radius 2 is 1.88 bits per heavy atom. The Labute approximate surface area is 177 Å². The monoisotopic (exact) mass is 566 g/mol. The molecule has 6 atom stereocenters. The summed E-state index contributed by atoms with van der Waals surface area (Å²) in [6.07, 6.45) is 9.24. The number of hydrogen-bond donors (Lipinski definition) is 0. The topological polar surface area (TPSA) is 17.1 Å². The van der Waals surface area contributed by atoms with Gasteiger partial charge in [0.25, 0.3) is 0 Å². The highest BCUT2D eigenvalue weighted by Gasteiger charge is 2.62. The maximum Gasteiger partial charge on any atom is 0.137 e. The molecule has 4 rings (SSSR count). The molecule has 0 aromatic carbocycles. The number of carbonyl (C=O) groups is 1. The molecule has 3 saturated carbocycles. The lowest BCUT2D eigenvalue weighted by atomic mass is 9.47. The number of Topliss-reactive ketones (excluding diaryl/α,β-unsaturated/α-hetero) is 1. The Morgan fingerprint density at radius 1 is 1.20 bits per heavy atom. The van der Waals surface area contributed by atoms with Crippen LogP contribution < -0.4 is 0 Å². The minimum absolute atomic E-state index is 0.221. The minimum Gasteiger partial charge on any atom is -0.299 e. The van der Waals surface area contributed by atoms with E-state index in [2.05, 4.69) is 77.6 Å². The van der Waals surface area contributed by atoms with Gasteiger partial charge in [0.2, 0.25) is 0 Å². The third-order valence-corrected chi connectivity index (χ3v) is 8.53. The second kappa shape index (κ2) is 7.21. The first-order valence-electron chi connectivity index (χ1n) is 9.80. The fourth-order valence-electron chi connectivity index (χ4n) is 6.89. The minimum atomic E-state index is 0.221. The van der Waals surface area contributed by atoms with Gasteiger partial charge in [-0.25, -0.2) is 0 Å². The smallest absolute Gasteiger partial charge is 0.137 e. The van der Waals surface area contributed by atoms with Crippen LogP contribution in [-0.2, 0) is 4.79 Å². The number of rotatable bonds is 0. The molecule has 0 radical (unpaired) electrons. The zero-order valence-electron chi connectivity index (χ0n) is 16.1. The van der Waals surface area contributed by atoms with E-state index in [9.17, 15) is 4.79 Å².